The minimum Gasteiger partial charge on any atom is -0.482 e. The second kappa shape index (κ2) is 7.79. The van der Waals surface area contributed by atoms with Crippen molar-refractivity contribution < 1.29 is 27.5 Å². The number of ether oxygens (including phenoxy) is 1. The van der Waals surface area contributed by atoms with Crippen molar-refractivity contribution in [1.29, 1.82) is 0 Å². The standard InChI is InChI=1S/C20H14F3N3O3S/c21-20(22,23)13-2-1-3-14(7-13)25-18(27)8-26-16-6-12(15-10-30-11-24-15)4-5-17(16)29-9-19(26)28/h1-7,10-11H,8-9H2,(H,25,27). The van der Waals surface area contributed by atoms with Crippen molar-refractivity contribution in [2.75, 3.05) is 23.4 Å². The van der Waals surface area contributed by atoms with Gasteiger partial charge in [0.25, 0.3) is 5.91 Å². The van der Waals surface area contributed by atoms with Crippen LogP contribution >= 0.6 is 11.3 Å². The second-order valence-electron chi connectivity index (χ2n) is 6.45. The largest absolute Gasteiger partial charge is 0.482 e. The van der Waals surface area contributed by atoms with Crippen LogP contribution in [0.3, 0.4) is 0 Å². The van der Waals surface area contributed by atoms with Gasteiger partial charge in [-0.2, -0.15) is 13.2 Å². The van der Waals surface area contributed by atoms with Crippen LogP contribution in [0.25, 0.3) is 11.3 Å². The first kappa shape index (κ1) is 19.9. The van der Waals surface area contributed by atoms with Gasteiger partial charge < -0.3 is 10.1 Å². The summed E-state index contributed by atoms with van der Waals surface area (Å²) < 4.78 is 44.0. The molecule has 0 aliphatic carbocycles. The number of thiazole rings is 1. The lowest BCUT2D eigenvalue weighted by Crippen LogP contribution is -2.43. The van der Waals surface area contributed by atoms with Gasteiger partial charge in [0.05, 0.1) is 22.5 Å². The molecule has 2 amide bonds. The molecule has 154 valence electrons. The van der Waals surface area contributed by atoms with E-state index in [1.165, 1.54) is 28.4 Å². The minimum atomic E-state index is -4.52. The number of halogens is 3. The number of aromatic nitrogens is 1. The number of carbonyl (C=O) groups is 2. The van der Waals surface area contributed by atoms with Crippen LogP contribution in [0, 0.1) is 0 Å². The van der Waals surface area contributed by atoms with Crippen LogP contribution in [0.4, 0.5) is 24.5 Å². The number of anilines is 2. The zero-order chi connectivity index (χ0) is 21.3. The molecule has 1 aliphatic heterocycles. The van der Waals surface area contributed by atoms with E-state index >= 15 is 0 Å². The SMILES string of the molecule is O=C(CN1C(=O)COc2ccc(-c3cscn3)cc21)Nc1cccc(C(F)(F)F)c1. The predicted octanol–water partition coefficient (Wildman–Crippen LogP) is 4.19. The fraction of sp³-hybridized carbons (Fsp3) is 0.150. The molecule has 6 nitrogen and oxygen atoms in total. The summed E-state index contributed by atoms with van der Waals surface area (Å²) in [7, 11) is 0. The Bertz CT molecular complexity index is 1100. The van der Waals surface area contributed by atoms with E-state index in [1.807, 2.05) is 5.38 Å². The average Bonchev–Trinajstić information content (AvgIpc) is 3.24. The Kier molecular flexibility index (Phi) is 5.17. The van der Waals surface area contributed by atoms with Gasteiger partial charge in [0, 0.05) is 16.6 Å². The molecule has 1 N–H and O–H groups in total. The van der Waals surface area contributed by atoms with Crippen LogP contribution in [0.15, 0.2) is 53.4 Å². The molecule has 0 saturated carbocycles. The summed E-state index contributed by atoms with van der Waals surface area (Å²) in [5.41, 5.74) is 2.66. The number of carbonyl (C=O) groups excluding carboxylic acids is 2. The number of hydrogen-bond acceptors (Lipinski definition) is 5. The third-order valence-corrected chi connectivity index (χ3v) is 4.99. The summed E-state index contributed by atoms with van der Waals surface area (Å²) in [6.45, 7) is -0.605. The lowest BCUT2D eigenvalue weighted by atomic mass is 10.1. The van der Waals surface area contributed by atoms with Gasteiger partial charge in [-0.25, -0.2) is 4.98 Å². The molecule has 3 aromatic rings. The Morgan fingerprint density at radius 3 is 2.80 bits per heavy atom. The third-order valence-electron chi connectivity index (χ3n) is 4.41. The summed E-state index contributed by atoms with van der Waals surface area (Å²) in [6, 6.07) is 9.48. The van der Waals surface area contributed by atoms with Crippen molar-refractivity contribution in [2.24, 2.45) is 0 Å². The first-order valence-electron chi connectivity index (χ1n) is 8.74. The van der Waals surface area contributed by atoms with E-state index in [2.05, 4.69) is 10.3 Å². The highest BCUT2D eigenvalue weighted by molar-refractivity contribution is 7.07. The highest BCUT2D eigenvalue weighted by Crippen LogP contribution is 2.36. The highest BCUT2D eigenvalue weighted by atomic mass is 32.1. The monoisotopic (exact) mass is 433 g/mol. The first-order chi connectivity index (χ1) is 14.3. The Balaban J connectivity index is 1.56. The fourth-order valence-electron chi connectivity index (χ4n) is 3.01. The summed E-state index contributed by atoms with van der Waals surface area (Å²) in [6.07, 6.45) is -4.52. The first-order valence-corrected chi connectivity index (χ1v) is 9.68. The Morgan fingerprint density at radius 1 is 1.23 bits per heavy atom. The van der Waals surface area contributed by atoms with Crippen molar-refractivity contribution in [1.82, 2.24) is 4.98 Å². The fourth-order valence-corrected chi connectivity index (χ4v) is 3.57. The van der Waals surface area contributed by atoms with Crippen molar-refractivity contribution in [2.45, 2.75) is 6.18 Å². The Hall–Kier alpha value is -3.40. The smallest absolute Gasteiger partial charge is 0.416 e. The minimum absolute atomic E-state index is 0.00743. The van der Waals surface area contributed by atoms with Gasteiger partial charge in [-0.15, -0.1) is 11.3 Å². The number of hydrogen-bond donors (Lipinski definition) is 1. The van der Waals surface area contributed by atoms with Gasteiger partial charge in [0.15, 0.2) is 6.61 Å². The molecule has 0 bridgehead atoms. The second-order valence-corrected chi connectivity index (χ2v) is 7.17. The zero-order valence-corrected chi connectivity index (χ0v) is 16.1. The molecular weight excluding hydrogens is 419 g/mol. The quantitative estimate of drug-likeness (QED) is 0.670. The summed E-state index contributed by atoms with van der Waals surface area (Å²) in [5.74, 6) is -0.632. The normalized spacial score (nSPS) is 13.6. The van der Waals surface area contributed by atoms with Crippen LogP contribution in [0.5, 0.6) is 5.75 Å². The number of amides is 2. The van der Waals surface area contributed by atoms with E-state index in [0.717, 1.165) is 17.7 Å². The molecule has 2 aromatic carbocycles. The van der Waals surface area contributed by atoms with Gasteiger partial charge in [0.2, 0.25) is 5.91 Å². The van der Waals surface area contributed by atoms with E-state index in [4.69, 9.17) is 4.74 Å². The number of benzene rings is 2. The van der Waals surface area contributed by atoms with Crippen LogP contribution < -0.4 is 15.0 Å². The lowest BCUT2D eigenvalue weighted by molar-refractivity contribution is -0.137. The summed E-state index contributed by atoms with van der Waals surface area (Å²) in [5, 5.41) is 4.26. The van der Waals surface area contributed by atoms with E-state index < -0.39 is 23.6 Å². The van der Waals surface area contributed by atoms with E-state index in [-0.39, 0.29) is 18.8 Å². The molecule has 0 spiro atoms. The molecule has 0 fully saturated rings. The topological polar surface area (TPSA) is 71.5 Å². The number of fused-ring (bicyclic) bond motifs is 1. The maximum Gasteiger partial charge on any atom is 0.416 e. The molecular formula is C20H14F3N3O3S. The van der Waals surface area contributed by atoms with Crippen molar-refractivity contribution in [3.63, 3.8) is 0 Å². The molecule has 1 aromatic heterocycles. The Labute approximate surface area is 172 Å². The summed E-state index contributed by atoms with van der Waals surface area (Å²) in [4.78, 5) is 30.3. The van der Waals surface area contributed by atoms with Gasteiger partial charge >= 0.3 is 6.18 Å². The van der Waals surface area contributed by atoms with Gasteiger partial charge in [0.1, 0.15) is 12.3 Å². The maximum absolute atomic E-state index is 12.9. The van der Waals surface area contributed by atoms with Crippen LogP contribution in [0.2, 0.25) is 0 Å². The number of nitrogens with one attached hydrogen (secondary N) is 1. The predicted molar refractivity (Wildman–Crippen MR) is 105 cm³/mol. The number of alkyl halides is 3. The summed E-state index contributed by atoms with van der Waals surface area (Å²) >= 11 is 1.42. The molecule has 0 radical (unpaired) electrons. The van der Waals surface area contributed by atoms with Gasteiger partial charge in [-0.3, -0.25) is 14.5 Å². The van der Waals surface area contributed by atoms with Crippen molar-refractivity contribution in [3.05, 3.63) is 58.9 Å². The lowest BCUT2D eigenvalue weighted by Gasteiger charge is -2.29. The van der Waals surface area contributed by atoms with E-state index in [9.17, 15) is 22.8 Å². The number of rotatable bonds is 4. The van der Waals surface area contributed by atoms with Crippen LogP contribution in [0.1, 0.15) is 5.56 Å². The molecule has 30 heavy (non-hydrogen) atoms. The molecule has 1 aliphatic rings. The van der Waals surface area contributed by atoms with Crippen LogP contribution in [-0.2, 0) is 15.8 Å². The van der Waals surface area contributed by atoms with Crippen LogP contribution in [-0.4, -0.2) is 29.9 Å². The maximum atomic E-state index is 12.9. The van der Waals surface area contributed by atoms with Gasteiger partial charge in [-0.05, 0) is 36.4 Å². The molecule has 4 rings (SSSR count). The zero-order valence-electron chi connectivity index (χ0n) is 15.3. The average molecular weight is 433 g/mol. The molecule has 0 atom stereocenters. The molecule has 10 heteroatoms. The Morgan fingerprint density at radius 2 is 2.07 bits per heavy atom. The van der Waals surface area contributed by atoms with Crippen molar-refractivity contribution in [3.8, 4) is 17.0 Å². The molecule has 0 saturated heterocycles. The highest BCUT2D eigenvalue weighted by Gasteiger charge is 2.31. The van der Waals surface area contributed by atoms with Gasteiger partial charge in [-0.1, -0.05) is 6.07 Å². The number of nitrogens with zero attached hydrogens (tertiary/aromatic N) is 2. The molecule has 0 unspecified atom stereocenters. The molecule has 2 heterocycles. The van der Waals surface area contributed by atoms with E-state index in [0.29, 0.717) is 17.1 Å². The van der Waals surface area contributed by atoms with E-state index in [1.54, 1.807) is 23.7 Å². The third kappa shape index (κ3) is 4.13. The van der Waals surface area contributed by atoms with Crippen molar-refractivity contribution >= 4 is 34.5 Å².